The number of nitrogens with zero attached hydrogens (tertiary/aromatic N) is 4. The van der Waals surface area contributed by atoms with Crippen LogP contribution in [0.4, 0.5) is 0 Å². The Morgan fingerprint density at radius 1 is 0.512 bits per heavy atom. The van der Waals surface area contributed by atoms with Crippen LogP contribution in [-0.2, 0) is 0 Å². The van der Waals surface area contributed by atoms with Crippen LogP contribution in [0, 0.1) is 0 Å². The van der Waals surface area contributed by atoms with Crippen LogP contribution in [0.15, 0.2) is 0 Å². The van der Waals surface area contributed by atoms with E-state index >= 15 is 0 Å². The minimum Gasteiger partial charge on any atom is -0.329 e. The summed E-state index contributed by atoms with van der Waals surface area (Å²) in [5, 5.41) is 10.7. The summed E-state index contributed by atoms with van der Waals surface area (Å²) in [6.45, 7) is 26.2. The second-order valence-electron chi connectivity index (χ2n) is 12.5. The van der Waals surface area contributed by atoms with Crippen LogP contribution in [0.2, 0.25) is 0 Å². The van der Waals surface area contributed by atoms with Gasteiger partial charge in [0.05, 0.1) is 0 Å². The van der Waals surface area contributed by atoms with Crippen molar-refractivity contribution in [2.45, 2.75) is 51.6 Å². The minimum absolute atomic E-state index is 0.143. The minimum atomic E-state index is -0.143. The van der Waals surface area contributed by atoms with E-state index in [1.807, 2.05) is 0 Å². The summed E-state index contributed by atoms with van der Waals surface area (Å²) in [5.74, 6) is 0. The van der Waals surface area contributed by atoms with E-state index in [0.717, 1.165) is 137 Å². The zero-order valence-electron chi connectivity index (χ0n) is 28.5. The fourth-order valence-corrected chi connectivity index (χ4v) is 4.84. The maximum absolute atomic E-state index is 6.16. The molecule has 0 rings (SSSR count). The van der Waals surface area contributed by atoms with Gasteiger partial charge in [0.15, 0.2) is 0 Å². The van der Waals surface area contributed by atoms with Gasteiger partial charge in [-0.25, -0.2) is 0 Å². The Morgan fingerprint density at radius 2 is 0.884 bits per heavy atom. The highest BCUT2D eigenvalue weighted by atomic mass is 15.2. The zero-order valence-corrected chi connectivity index (χ0v) is 28.5. The highest BCUT2D eigenvalue weighted by Gasteiger charge is 2.13. The van der Waals surface area contributed by atoms with Crippen molar-refractivity contribution in [3.8, 4) is 0 Å². The Morgan fingerprint density at radius 3 is 1.28 bits per heavy atom. The van der Waals surface area contributed by atoms with E-state index in [-0.39, 0.29) is 11.6 Å². The van der Waals surface area contributed by atoms with Gasteiger partial charge in [0, 0.05) is 142 Å². The van der Waals surface area contributed by atoms with Crippen LogP contribution in [0.3, 0.4) is 0 Å². The largest absolute Gasteiger partial charge is 0.329 e. The fraction of sp³-hybridized carbons (Fsp3) is 1.00. The number of nitrogens with one attached hydrogen (secondary N) is 3. The Kier molecular flexibility index (Phi) is 28.6. The van der Waals surface area contributed by atoms with Crippen molar-refractivity contribution >= 4 is 0 Å². The summed E-state index contributed by atoms with van der Waals surface area (Å²) in [6.07, 6.45) is 3.00. The van der Waals surface area contributed by atoms with Gasteiger partial charge in [0.25, 0.3) is 0 Å². The first-order valence-electron chi connectivity index (χ1n) is 17.0. The highest BCUT2D eigenvalue weighted by Crippen LogP contribution is 2.01. The Bertz CT molecular complexity index is 573. The quantitative estimate of drug-likeness (QED) is 0.0338. The van der Waals surface area contributed by atoms with E-state index < -0.39 is 0 Å². The molecule has 260 valence electrons. The summed E-state index contributed by atoms with van der Waals surface area (Å²) in [6, 6.07) is 0.271. The van der Waals surface area contributed by atoms with Gasteiger partial charge in [-0.2, -0.15) is 0 Å². The molecule has 0 saturated heterocycles. The zero-order chi connectivity index (χ0) is 32.2. The lowest BCUT2D eigenvalue weighted by atomic mass is 10.0. The Labute approximate surface area is 265 Å². The molecule has 1 unspecified atom stereocenters. The lowest BCUT2D eigenvalue weighted by molar-refractivity contribution is 0.177. The average Bonchev–Trinajstić information content (AvgIpc) is 2.97. The predicted octanol–water partition coefficient (Wildman–Crippen LogP) is -2.95. The third-order valence-corrected chi connectivity index (χ3v) is 7.83. The number of hydrogen-bond acceptors (Lipinski definition) is 13. The lowest BCUT2D eigenvalue weighted by Gasteiger charge is -2.30. The van der Waals surface area contributed by atoms with Gasteiger partial charge >= 0.3 is 0 Å². The molecule has 0 aromatic rings. The number of nitrogens with two attached hydrogens (primary N) is 6. The van der Waals surface area contributed by atoms with Gasteiger partial charge in [0.2, 0.25) is 0 Å². The van der Waals surface area contributed by atoms with Gasteiger partial charge < -0.3 is 55.3 Å². The molecule has 0 heterocycles. The normalized spacial score (nSPS) is 13.3. The standard InChI is InChI=1S/C30H75N13/c1-4-29(35)5-17-40(18-8-32)21-15-39-16-23-42(22-14-38-12-7-31)26-28-43(24-13-37-11-6-30(2,3)36)27-25-41(19-9-33)20-10-34/h29,37-39H,4-28,31-36H2,1-3H3. The van der Waals surface area contributed by atoms with E-state index in [9.17, 15) is 0 Å². The van der Waals surface area contributed by atoms with Gasteiger partial charge in [-0.15, -0.1) is 0 Å². The van der Waals surface area contributed by atoms with Crippen LogP contribution in [0.1, 0.15) is 40.0 Å². The summed E-state index contributed by atoms with van der Waals surface area (Å²) < 4.78 is 0. The molecule has 0 aliphatic rings. The van der Waals surface area contributed by atoms with Crippen LogP contribution in [0.25, 0.3) is 0 Å². The highest BCUT2D eigenvalue weighted by molar-refractivity contribution is 4.74. The van der Waals surface area contributed by atoms with E-state index in [1.165, 1.54) is 0 Å². The van der Waals surface area contributed by atoms with Crippen molar-refractivity contribution in [3.05, 3.63) is 0 Å². The van der Waals surface area contributed by atoms with Crippen molar-refractivity contribution in [1.29, 1.82) is 0 Å². The monoisotopic (exact) mass is 618 g/mol. The van der Waals surface area contributed by atoms with Crippen molar-refractivity contribution in [2.75, 3.05) is 144 Å². The molecule has 0 aliphatic carbocycles. The molecule has 1 atom stereocenters. The van der Waals surface area contributed by atoms with Gasteiger partial charge in [0.1, 0.15) is 0 Å². The summed E-state index contributed by atoms with van der Waals surface area (Å²) in [5.41, 5.74) is 35.4. The van der Waals surface area contributed by atoms with Crippen molar-refractivity contribution < 1.29 is 0 Å². The third-order valence-electron chi connectivity index (χ3n) is 7.83. The molecule has 43 heavy (non-hydrogen) atoms. The SMILES string of the molecule is CCC(N)CCN(CCN)CCNCCN(CCNCCN)CCN(CCNCCC(C)(C)N)CCN(CCN)CCN. The molecule has 0 aromatic heterocycles. The van der Waals surface area contributed by atoms with Crippen molar-refractivity contribution in [1.82, 2.24) is 35.6 Å². The maximum Gasteiger partial charge on any atom is 0.0110 e. The molecule has 0 fully saturated rings. The molecule has 0 spiro atoms. The summed E-state index contributed by atoms with van der Waals surface area (Å²) in [4.78, 5) is 9.93. The molecule has 15 N–H and O–H groups in total. The molecule has 0 aliphatic heterocycles. The molecular formula is C30H75N13. The second-order valence-corrected chi connectivity index (χ2v) is 12.5. The molecule has 0 saturated carbocycles. The molecule has 13 heteroatoms. The van der Waals surface area contributed by atoms with Crippen LogP contribution in [0.5, 0.6) is 0 Å². The van der Waals surface area contributed by atoms with Gasteiger partial charge in [-0.1, -0.05) is 6.92 Å². The lowest BCUT2D eigenvalue weighted by Crippen LogP contribution is -2.46. The summed E-state index contributed by atoms with van der Waals surface area (Å²) >= 11 is 0. The maximum atomic E-state index is 6.16. The van der Waals surface area contributed by atoms with Gasteiger partial charge in [-0.05, 0) is 46.2 Å². The van der Waals surface area contributed by atoms with Crippen molar-refractivity contribution in [3.63, 3.8) is 0 Å². The van der Waals surface area contributed by atoms with Gasteiger partial charge in [-0.3, -0.25) is 14.7 Å². The molecule has 0 aromatic carbocycles. The van der Waals surface area contributed by atoms with Crippen molar-refractivity contribution in [2.24, 2.45) is 34.4 Å². The van der Waals surface area contributed by atoms with E-state index in [0.29, 0.717) is 26.2 Å². The first kappa shape index (κ1) is 42.5. The summed E-state index contributed by atoms with van der Waals surface area (Å²) in [7, 11) is 0. The third kappa shape index (κ3) is 27.5. The predicted molar refractivity (Wildman–Crippen MR) is 186 cm³/mol. The van der Waals surface area contributed by atoms with Crippen LogP contribution in [-0.4, -0.2) is 175 Å². The number of rotatable bonds is 33. The molecular weight excluding hydrogens is 542 g/mol. The first-order valence-corrected chi connectivity index (χ1v) is 17.0. The first-order chi connectivity index (χ1) is 20.7. The van der Waals surface area contributed by atoms with Crippen LogP contribution < -0.4 is 50.4 Å². The molecule has 0 radical (unpaired) electrons. The molecule has 0 bridgehead atoms. The van der Waals surface area contributed by atoms with Crippen LogP contribution >= 0.6 is 0 Å². The fourth-order valence-electron chi connectivity index (χ4n) is 4.84. The topological polar surface area (TPSA) is 205 Å². The smallest absolute Gasteiger partial charge is 0.0110 e. The second kappa shape index (κ2) is 28.9. The number of hydrogen-bond donors (Lipinski definition) is 9. The van der Waals surface area contributed by atoms with E-state index in [4.69, 9.17) is 34.4 Å². The molecule has 0 amide bonds. The average molecular weight is 618 g/mol. The van der Waals surface area contributed by atoms with E-state index in [1.54, 1.807) is 0 Å². The Hall–Kier alpha value is -0.520. The Balaban J connectivity index is 4.92. The molecule has 13 nitrogen and oxygen atoms in total. The van der Waals surface area contributed by atoms with E-state index in [2.05, 4.69) is 56.3 Å².